The average Bonchev–Trinajstić information content (AvgIpc) is 3.37. The summed E-state index contributed by atoms with van der Waals surface area (Å²) in [6.45, 7) is 7.08. The molecule has 1 heterocycles. The molecule has 0 amide bonds. The molecule has 0 bridgehead atoms. The van der Waals surface area contributed by atoms with Crippen LogP contribution in [0.5, 0.6) is 5.75 Å². The number of fused-ring (bicyclic) bond motifs is 1. The highest BCUT2D eigenvalue weighted by molar-refractivity contribution is 5.66. The highest BCUT2D eigenvalue weighted by Gasteiger charge is 2.26. The van der Waals surface area contributed by atoms with Crippen molar-refractivity contribution in [2.24, 2.45) is 0 Å². The van der Waals surface area contributed by atoms with Gasteiger partial charge in [-0.25, -0.2) is 0 Å². The van der Waals surface area contributed by atoms with Crippen molar-refractivity contribution in [2.75, 3.05) is 13.2 Å². The Morgan fingerprint density at radius 2 is 2.13 bits per heavy atom. The second kappa shape index (κ2) is 8.98. The first-order valence-corrected chi connectivity index (χ1v) is 10.6. The second-order valence-corrected chi connectivity index (χ2v) is 8.07. The highest BCUT2D eigenvalue weighted by atomic mass is 16.5. The lowest BCUT2D eigenvalue weighted by atomic mass is 10.0. The Hall–Kier alpha value is -2.70. The molecule has 2 N–H and O–H groups in total. The molecule has 3 aromatic rings. The SMILES string of the molecule is Cc1cc(-c2nc(-c3cccc4c3CCC4NCCCO)no2)ccc1OC(C)C. The molecule has 158 valence electrons. The van der Waals surface area contributed by atoms with Crippen molar-refractivity contribution in [3.8, 4) is 28.6 Å². The number of aliphatic hydroxyl groups excluding tert-OH is 1. The van der Waals surface area contributed by atoms with Crippen LogP contribution in [0.1, 0.15) is 49.4 Å². The van der Waals surface area contributed by atoms with Gasteiger partial charge in [-0.3, -0.25) is 0 Å². The third kappa shape index (κ3) is 4.25. The normalized spacial score (nSPS) is 15.6. The van der Waals surface area contributed by atoms with Gasteiger partial charge in [-0.05, 0) is 81.5 Å². The van der Waals surface area contributed by atoms with Crippen LogP contribution in [0.3, 0.4) is 0 Å². The highest BCUT2D eigenvalue weighted by Crippen LogP contribution is 2.37. The molecule has 1 atom stereocenters. The molecule has 1 aliphatic rings. The van der Waals surface area contributed by atoms with Crippen LogP contribution in [0.25, 0.3) is 22.8 Å². The van der Waals surface area contributed by atoms with Crippen LogP contribution in [0.4, 0.5) is 0 Å². The molecule has 0 radical (unpaired) electrons. The van der Waals surface area contributed by atoms with Gasteiger partial charge in [0.05, 0.1) is 6.10 Å². The van der Waals surface area contributed by atoms with E-state index in [1.807, 2.05) is 39.0 Å². The summed E-state index contributed by atoms with van der Waals surface area (Å²) in [5.41, 5.74) is 5.54. The topological polar surface area (TPSA) is 80.4 Å². The fourth-order valence-corrected chi connectivity index (χ4v) is 4.05. The summed E-state index contributed by atoms with van der Waals surface area (Å²) in [6.07, 6.45) is 2.91. The predicted octanol–water partition coefficient (Wildman–Crippen LogP) is 4.46. The van der Waals surface area contributed by atoms with Crippen molar-refractivity contribution in [2.45, 2.75) is 52.2 Å². The number of aromatic nitrogens is 2. The van der Waals surface area contributed by atoms with E-state index >= 15 is 0 Å². The Kier molecular flexibility index (Phi) is 6.16. The van der Waals surface area contributed by atoms with Crippen molar-refractivity contribution in [1.82, 2.24) is 15.5 Å². The summed E-state index contributed by atoms with van der Waals surface area (Å²) in [6, 6.07) is 12.5. The van der Waals surface area contributed by atoms with Crippen LogP contribution in [-0.4, -0.2) is 34.5 Å². The third-order valence-corrected chi connectivity index (χ3v) is 5.45. The molecule has 4 rings (SSSR count). The van der Waals surface area contributed by atoms with Gasteiger partial charge in [0.2, 0.25) is 5.82 Å². The zero-order valence-electron chi connectivity index (χ0n) is 17.8. The molecule has 0 saturated carbocycles. The standard InChI is InChI=1S/C24H29N3O3/c1-15(2)29-22-11-8-17(14-16(22)3)24-26-23(27-30-24)20-7-4-6-19-18(20)9-10-21(19)25-12-5-13-28/h4,6-8,11,14-15,21,25,28H,5,9-10,12-13H2,1-3H3. The zero-order chi connectivity index (χ0) is 21.1. The summed E-state index contributed by atoms with van der Waals surface area (Å²) in [7, 11) is 0. The number of hydrogen-bond donors (Lipinski definition) is 2. The van der Waals surface area contributed by atoms with Gasteiger partial charge in [-0.1, -0.05) is 23.4 Å². The van der Waals surface area contributed by atoms with E-state index in [0.717, 1.165) is 48.2 Å². The largest absolute Gasteiger partial charge is 0.491 e. The van der Waals surface area contributed by atoms with E-state index in [4.69, 9.17) is 14.4 Å². The Bertz CT molecular complexity index is 1010. The van der Waals surface area contributed by atoms with E-state index in [9.17, 15) is 0 Å². The van der Waals surface area contributed by atoms with E-state index in [1.54, 1.807) is 0 Å². The molecule has 6 heteroatoms. The number of hydrogen-bond acceptors (Lipinski definition) is 6. The minimum atomic E-state index is 0.131. The quantitative estimate of drug-likeness (QED) is 0.537. The second-order valence-electron chi connectivity index (χ2n) is 8.07. The summed E-state index contributed by atoms with van der Waals surface area (Å²) in [5.74, 6) is 2.00. The van der Waals surface area contributed by atoms with Gasteiger partial charge in [0.15, 0.2) is 0 Å². The van der Waals surface area contributed by atoms with E-state index in [-0.39, 0.29) is 12.7 Å². The smallest absolute Gasteiger partial charge is 0.258 e. The van der Waals surface area contributed by atoms with Gasteiger partial charge in [0.1, 0.15) is 5.75 Å². The summed E-state index contributed by atoms with van der Waals surface area (Å²) >= 11 is 0. The van der Waals surface area contributed by atoms with Crippen molar-refractivity contribution in [3.05, 3.63) is 53.1 Å². The molecule has 0 fully saturated rings. The van der Waals surface area contributed by atoms with E-state index in [0.29, 0.717) is 17.8 Å². The number of benzene rings is 2. The first-order chi connectivity index (χ1) is 14.6. The number of ether oxygens (including phenoxy) is 1. The van der Waals surface area contributed by atoms with E-state index in [2.05, 4.69) is 33.7 Å². The Balaban J connectivity index is 1.57. The van der Waals surface area contributed by atoms with Crippen molar-refractivity contribution in [3.63, 3.8) is 0 Å². The van der Waals surface area contributed by atoms with Crippen LogP contribution in [0, 0.1) is 6.92 Å². The molecular weight excluding hydrogens is 378 g/mol. The lowest BCUT2D eigenvalue weighted by Gasteiger charge is -2.14. The maximum atomic E-state index is 9.02. The molecular formula is C24H29N3O3. The van der Waals surface area contributed by atoms with Gasteiger partial charge < -0.3 is 19.7 Å². The molecule has 30 heavy (non-hydrogen) atoms. The summed E-state index contributed by atoms with van der Waals surface area (Å²) in [4.78, 5) is 4.69. The molecule has 0 aliphatic heterocycles. The molecule has 0 spiro atoms. The van der Waals surface area contributed by atoms with E-state index < -0.39 is 0 Å². The van der Waals surface area contributed by atoms with Gasteiger partial charge >= 0.3 is 0 Å². The van der Waals surface area contributed by atoms with Crippen LogP contribution >= 0.6 is 0 Å². The molecule has 6 nitrogen and oxygen atoms in total. The molecule has 1 aromatic heterocycles. The van der Waals surface area contributed by atoms with Gasteiger partial charge in [-0.15, -0.1) is 0 Å². The van der Waals surface area contributed by atoms with Gasteiger partial charge in [0.25, 0.3) is 5.89 Å². The lowest BCUT2D eigenvalue weighted by molar-refractivity contribution is 0.241. The molecule has 2 aromatic carbocycles. The minimum Gasteiger partial charge on any atom is -0.491 e. The van der Waals surface area contributed by atoms with Crippen molar-refractivity contribution < 1.29 is 14.4 Å². The number of nitrogens with zero attached hydrogens (tertiary/aromatic N) is 2. The average molecular weight is 408 g/mol. The van der Waals surface area contributed by atoms with Gasteiger partial charge in [-0.2, -0.15) is 4.98 Å². The van der Waals surface area contributed by atoms with Crippen molar-refractivity contribution in [1.29, 1.82) is 0 Å². The van der Waals surface area contributed by atoms with Crippen LogP contribution in [-0.2, 0) is 6.42 Å². The first-order valence-electron chi connectivity index (χ1n) is 10.6. The van der Waals surface area contributed by atoms with E-state index in [1.165, 1.54) is 11.1 Å². The first kappa shape index (κ1) is 20.6. The fourth-order valence-electron chi connectivity index (χ4n) is 4.05. The molecule has 1 aliphatic carbocycles. The number of aryl methyl sites for hydroxylation is 1. The number of aliphatic hydroxyl groups is 1. The Labute approximate surface area is 177 Å². The van der Waals surface area contributed by atoms with Crippen LogP contribution in [0.2, 0.25) is 0 Å². The summed E-state index contributed by atoms with van der Waals surface area (Å²) in [5, 5.41) is 16.8. The predicted molar refractivity (Wildman–Crippen MR) is 116 cm³/mol. The Morgan fingerprint density at radius 3 is 2.90 bits per heavy atom. The summed E-state index contributed by atoms with van der Waals surface area (Å²) < 4.78 is 11.4. The number of nitrogens with one attached hydrogen (secondary N) is 1. The minimum absolute atomic E-state index is 0.131. The van der Waals surface area contributed by atoms with Crippen molar-refractivity contribution >= 4 is 0 Å². The molecule has 0 saturated heterocycles. The Morgan fingerprint density at radius 1 is 1.27 bits per heavy atom. The van der Waals surface area contributed by atoms with Crippen LogP contribution < -0.4 is 10.1 Å². The lowest BCUT2D eigenvalue weighted by Crippen LogP contribution is -2.21. The number of rotatable bonds is 8. The fraction of sp³-hybridized carbons (Fsp3) is 0.417. The third-order valence-electron chi connectivity index (χ3n) is 5.45. The zero-order valence-corrected chi connectivity index (χ0v) is 17.8. The van der Waals surface area contributed by atoms with Crippen LogP contribution in [0.15, 0.2) is 40.9 Å². The maximum Gasteiger partial charge on any atom is 0.258 e. The maximum absolute atomic E-state index is 9.02. The monoisotopic (exact) mass is 407 g/mol. The van der Waals surface area contributed by atoms with Gasteiger partial charge in [0, 0.05) is 23.8 Å². The molecule has 1 unspecified atom stereocenters.